The molecule has 0 fully saturated rings. The predicted molar refractivity (Wildman–Crippen MR) is 81.9 cm³/mol. The molecular weight excluding hydrogens is 280 g/mol. The minimum Gasteiger partial charge on any atom is -0.347 e. The van der Waals surface area contributed by atoms with E-state index in [4.69, 9.17) is 0 Å². The van der Waals surface area contributed by atoms with Gasteiger partial charge in [0, 0.05) is 18.9 Å². The van der Waals surface area contributed by atoms with E-state index in [1.54, 1.807) is 6.20 Å². The lowest BCUT2D eigenvalue weighted by Crippen LogP contribution is -2.29. The number of imidazole rings is 1. The Kier molecular flexibility index (Phi) is 4.13. The summed E-state index contributed by atoms with van der Waals surface area (Å²) in [6, 6.07) is 7.54. The number of nitrogens with one attached hydrogen (secondary N) is 1. The third kappa shape index (κ3) is 3.13. The van der Waals surface area contributed by atoms with Crippen LogP contribution in [0.5, 0.6) is 0 Å². The van der Waals surface area contributed by atoms with Crippen molar-refractivity contribution in [3.8, 4) is 0 Å². The third-order valence-corrected chi connectivity index (χ3v) is 3.32. The van der Waals surface area contributed by atoms with Gasteiger partial charge >= 0.3 is 0 Å². The molecule has 0 atom stereocenters. The minimum absolute atomic E-state index is 0.100. The number of carbonyl (C=O) groups excluding carboxylic acids is 1. The lowest BCUT2D eigenvalue weighted by Gasteiger charge is -2.07. The number of fused-ring (bicyclic) bond motifs is 1. The molecule has 2 heterocycles. The van der Waals surface area contributed by atoms with Gasteiger partial charge < -0.3 is 9.88 Å². The van der Waals surface area contributed by atoms with Crippen LogP contribution in [0.2, 0.25) is 0 Å². The van der Waals surface area contributed by atoms with Gasteiger partial charge in [-0.15, -0.1) is 0 Å². The molecule has 2 aromatic heterocycles. The molecule has 3 aromatic rings. The maximum atomic E-state index is 12.0. The molecule has 1 aromatic carbocycles. The molecular formula is C15H18N6O. The fraction of sp³-hybridized carbons (Fsp3) is 0.333. The van der Waals surface area contributed by atoms with Gasteiger partial charge in [0.05, 0.1) is 6.54 Å². The first-order valence-electron chi connectivity index (χ1n) is 7.33. The number of amides is 1. The summed E-state index contributed by atoms with van der Waals surface area (Å²) in [7, 11) is 0. The molecule has 0 saturated carbocycles. The second-order valence-electron chi connectivity index (χ2n) is 5.03. The van der Waals surface area contributed by atoms with Crippen LogP contribution in [0.3, 0.4) is 0 Å². The highest BCUT2D eigenvalue weighted by atomic mass is 16.2. The largest absolute Gasteiger partial charge is 0.347 e. The molecule has 114 valence electrons. The molecule has 0 bridgehead atoms. The highest BCUT2D eigenvalue weighted by Crippen LogP contribution is 2.06. The van der Waals surface area contributed by atoms with Gasteiger partial charge in [0.1, 0.15) is 23.4 Å². The van der Waals surface area contributed by atoms with E-state index in [-0.39, 0.29) is 12.5 Å². The van der Waals surface area contributed by atoms with E-state index in [1.807, 2.05) is 35.0 Å². The van der Waals surface area contributed by atoms with Crippen molar-refractivity contribution in [3.63, 3.8) is 0 Å². The average Bonchev–Trinajstić information content (AvgIpc) is 3.11. The summed E-state index contributed by atoms with van der Waals surface area (Å²) in [4.78, 5) is 17.7. The van der Waals surface area contributed by atoms with Gasteiger partial charge in [-0.1, -0.05) is 19.1 Å². The summed E-state index contributed by atoms with van der Waals surface area (Å²) < 4.78 is 2.04. The third-order valence-electron chi connectivity index (χ3n) is 3.32. The van der Waals surface area contributed by atoms with Crippen LogP contribution in [0.4, 0.5) is 0 Å². The molecule has 1 amide bonds. The van der Waals surface area contributed by atoms with Crippen molar-refractivity contribution < 1.29 is 4.79 Å². The maximum Gasteiger partial charge on any atom is 0.243 e. The second-order valence-corrected chi connectivity index (χ2v) is 5.03. The van der Waals surface area contributed by atoms with Crippen molar-refractivity contribution in [1.29, 1.82) is 0 Å². The van der Waals surface area contributed by atoms with E-state index in [2.05, 4.69) is 27.4 Å². The van der Waals surface area contributed by atoms with Crippen LogP contribution in [0, 0.1) is 0 Å². The quantitative estimate of drug-likeness (QED) is 0.745. The van der Waals surface area contributed by atoms with Crippen molar-refractivity contribution in [2.45, 2.75) is 33.0 Å². The first-order chi connectivity index (χ1) is 10.8. The summed E-state index contributed by atoms with van der Waals surface area (Å²) in [5.41, 5.74) is 1.57. The van der Waals surface area contributed by atoms with Crippen LogP contribution in [0.25, 0.3) is 11.0 Å². The smallest absolute Gasteiger partial charge is 0.243 e. The van der Waals surface area contributed by atoms with E-state index in [0.29, 0.717) is 6.54 Å². The minimum atomic E-state index is -0.133. The van der Waals surface area contributed by atoms with Crippen molar-refractivity contribution >= 4 is 16.9 Å². The summed E-state index contributed by atoms with van der Waals surface area (Å²) >= 11 is 0. The summed E-state index contributed by atoms with van der Waals surface area (Å²) in [5.74, 6) is 0.722. The summed E-state index contributed by atoms with van der Waals surface area (Å²) in [5, 5.41) is 11.4. The van der Waals surface area contributed by atoms with Crippen molar-refractivity contribution in [2.75, 3.05) is 0 Å². The molecule has 7 heteroatoms. The van der Waals surface area contributed by atoms with E-state index < -0.39 is 0 Å². The Morgan fingerprint density at radius 3 is 2.64 bits per heavy atom. The molecule has 3 rings (SSSR count). The van der Waals surface area contributed by atoms with Crippen LogP contribution >= 0.6 is 0 Å². The predicted octanol–water partition coefficient (Wildman–Crippen LogP) is 1.35. The zero-order valence-corrected chi connectivity index (χ0v) is 12.4. The number of carbonyl (C=O) groups is 1. The maximum absolute atomic E-state index is 12.0. The summed E-state index contributed by atoms with van der Waals surface area (Å²) in [6.45, 7) is 3.52. The summed E-state index contributed by atoms with van der Waals surface area (Å²) in [6.07, 6.45) is 4.70. The Balaban J connectivity index is 1.59. The zero-order valence-electron chi connectivity index (χ0n) is 12.4. The number of nitrogens with zero attached hydrogens (tertiary/aromatic N) is 5. The second kappa shape index (κ2) is 6.38. The standard InChI is InChI=1S/C15H18N6O/c1-2-8-20-9-7-16-14(20)10-17-15(22)11-21-18-12-5-3-4-6-13(12)19-21/h3-7,9H,2,8,10-11H2,1H3,(H,17,22). The SMILES string of the molecule is CCCn1ccnc1CNC(=O)Cn1nc2ccccc2n1. The Hall–Kier alpha value is -2.70. The fourth-order valence-corrected chi connectivity index (χ4v) is 2.29. The lowest BCUT2D eigenvalue weighted by molar-refractivity contribution is -0.122. The van der Waals surface area contributed by atoms with E-state index in [9.17, 15) is 4.79 Å². The van der Waals surface area contributed by atoms with Crippen LogP contribution < -0.4 is 5.32 Å². The molecule has 1 N–H and O–H groups in total. The molecule has 0 radical (unpaired) electrons. The van der Waals surface area contributed by atoms with Crippen LogP contribution in [-0.4, -0.2) is 30.5 Å². The van der Waals surface area contributed by atoms with Crippen LogP contribution in [0.1, 0.15) is 19.2 Å². The van der Waals surface area contributed by atoms with Crippen LogP contribution in [-0.2, 0) is 24.4 Å². The number of hydrogen-bond acceptors (Lipinski definition) is 4. The van der Waals surface area contributed by atoms with E-state index in [0.717, 1.165) is 29.8 Å². The van der Waals surface area contributed by atoms with Crippen molar-refractivity contribution in [3.05, 3.63) is 42.5 Å². The number of aromatic nitrogens is 5. The van der Waals surface area contributed by atoms with E-state index >= 15 is 0 Å². The van der Waals surface area contributed by atoms with Gasteiger partial charge in [0.2, 0.25) is 5.91 Å². The van der Waals surface area contributed by atoms with Gasteiger partial charge in [-0.05, 0) is 18.6 Å². The molecule has 0 aliphatic rings. The van der Waals surface area contributed by atoms with Gasteiger partial charge in [0.15, 0.2) is 0 Å². The van der Waals surface area contributed by atoms with Crippen molar-refractivity contribution in [1.82, 2.24) is 29.9 Å². The molecule has 0 saturated heterocycles. The number of aryl methyl sites for hydroxylation is 1. The number of benzene rings is 1. The highest BCUT2D eigenvalue weighted by molar-refractivity contribution is 5.76. The Bertz CT molecular complexity index is 742. The molecule has 0 unspecified atom stereocenters. The number of hydrogen-bond donors (Lipinski definition) is 1. The zero-order chi connectivity index (χ0) is 15.4. The molecule has 0 aliphatic heterocycles. The van der Waals surface area contributed by atoms with Crippen LogP contribution in [0.15, 0.2) is 36.7 Å². The van der Waals surface area contributed by atoms with Gasteiger partial charge in [-0.2, -0.15) is 15.0 Å². The van der Waals surface area contributed by atoms with E-state index in [1.165, 1.54) is 4.80 Å². The molecule has 22 heavy (non-hydrogen) atoms. The monoisotopic (exact) mass is 298 g/mol. The fourth-order valence-electron chi connectivity index (χ4n) is 2.29. The Morgan fingerprint density at radius 1 is 1.23 bits per heavy atom. The molecule has 0 spiro atoms. The topological polar surface area (TPSA) is 77.6 Å². The average molecular weight is 298 g/mol. The van der Waals surface area contributed by atoms with Crippen molar-refractivity contribution in [2.24, 2.45) is 0 Å². The molecule has 7 nitrogen and oxygen atoms in total. The number of rotatable bonds is 6. The Labute approximate surface area is 128 Å². The highest BCUT2D eigenvalue weighted by Gasteiger charge is 2.08. The Morgan fingerprint density at radius 2 is 1.95 bits per heavy atom. The lowest BCUT2D eigenvalue weighted by atomic mass is 10.3. The van der Waals surface area contributed by atoms with Gasteiger partial charge in [-0.25, -0.2) is 4.98 Å². The normalized spacial score (nSPS) is 11.0. The first kappa shape index (κ1) is 14.2. The first-order valence-corrected chi connectivity index (χ1v) is 7.33. The van der Waals surface area contributed by atoms with Gasteiger partial charge in [-0.3, -0.25) is 4.79 Å². The van der Waals surface area contributed by atoms with Gasteiger partial charge in [0.25, 0.3) is 0 Å². The molecule has 0 aliphatic carbocycles.